The minimum atomic E-state index is -4.83. The Morgan fingerprint density at radius 2 is 2.00 bits per heavy atom. The van der Waals surface area contributed by atoms with Crippen LogP contribution < -0.4 is 0 Å². The number of fused-ring (bicyclic) bond motifs is 1. The molecule has 4 nitrogen and oxygen atoms in total. The summed E-state index contributed by atoms with van der Waals surface area (Å²) in [7, 11) is 0. The van der Waals surface area contributed by atoms with E-state index < -0.39 is 12.1 Å². The topological polar surface area (TPSA) is 52.9 Å². The Balaban J connectivity index is 1.78. The highest BCUT2D eigenvalue weighted by molar-refractivity contribution is 6.69. The molecular weight excluding hydrogens is 321 g/mol. The van der Waals surface area contributed by atoms with Crippen LogP contribution >= 0.6 is 11.6 Å². The summed E-state index contributed by atoms with van der Waals surface area (Å²) in [5.74, 6) is -1.71. The first kappa shape index (κ1) is 15.1. The van der Waals surface area contributed by atoms with E-state index in [0.717, 1.165) is 16.9 Å². The Morgan fingerprint density at radius 1 is 1.36 bits per heavy atom. The molecule has 3 rings (SSSR count). The summed E-state index contributed by atoms with van der Waals surface area (Å²) in [5, 5.41) is 11.4. The first-order chi connectivity index (χ1) is 10.3. The summed E-state index contributed by atoms with van der Waals surface area (Å²) in [6.45, 7) is 0.218. The van der Waals surface area contributed by atoms with E-state index in [1.165, 1.54) is 0 Å². The van der Waals surface area contributed by atoms with E-state index in [1.54, 1.807) is 24.3 Å². The summed E-state index contributed by atoms with van der Waals surface area (Å²) < 4.78 is 37.5. The van der Waals surface area contributed by atoms with E-state index in [9.17, 15) is 18.0 Å². The van der Waals surface area contributed by atoms with Gasteiger partial charge in [0.2, 0.25) is 0 Å². The molecule has 1 amide bonds. The summed E-state index contributed by atoms with van der Waals surface area (Å²) in [6.07, 6.45) is -4.05. The summed E-state index contributed by atoms with van der Waals surface area (Å²) in [6, 6.07) is 6.81. The normalized spacial score (nSPS) is 27.7. The van der Waals surface area contributed by atoms with Gasteiger partial charge >= 0.3 is 12.1 Å². The zero-order valence-corrected chi connectivity index (χ0v) is 12.0. The van der Waals surface area contributed by atoms with Crippen LogP contribution in [-0.4, -0.2) is 40.5 Å². The Kier molecular flexibility index (Phi) is 3.36. The molecular formula is C14H12ClF3N2O2. The number of alkyl halides is 3. The second-order valence-corrected chi connectivity index (χ2v) is 6.07. The molecule has 2 unspecified atom stereocenters. The summed E-state index contributed by atoms with van der Waals surface area (Å²) in [5.41, 5.74) is 1.01. The monoisotopic (exact) mass is 332 g/mol. The summed E-state index contributed by atoms with van der Waals surface area (Å²) in [4.78, 5) is 12.2. The van der Waals surface area contributed by atoms with Crippen LogP contribution in [0.3, 0.4) is 0 Å². The maximum absolute atomic E-state index is 12.5. The number of piperidine rings is 1. The highest BCUT2D eigenvalue weighted by Gasteiger charge is 2.63. The quantitative estimate of drug-likeness (QED) is 0.514. The van der Waals surface area contributed by atoms with Crippen molar-refractivity contribution >= 4 is 22.7 Å². The number of carbonyl (C=O) groups is 1. The minimum absolute atomic E-state index is 0.0586. The average molecular weight is 333 g/mol. The fourth-order valence-corrected chi connectivity index (χ4v) is 3.39. The number of halogens is 4. The van der Waals surface area contributed by atoms with Crippen molar-refractivity contribution in [2.45, 2.75) is 18.0 Å². The Morgan fingerprint density at radius 3 is 2.55 bits per heavy atom. The smallest absolute Gasteiger partial charge is 0.410 e. The van der Waals surface area contributed by atoms with E-state index in [4.69, 9.17) is 16.8 Å². The first-order valence-electron chi connectivity index (χ1n) is 6.62. The lowest BCUT2D eigenvalue weighted by molar-refractivity contribution is -0.184. The largest absolute Gasteiger partial charge is 0.471 e. The zero-order chi connectivity index (χ0) is 16.1. The van der Waals surface area contributed by atoms with Gasteiger partial charge in [0.05, 0.1) is 0 Å². The van der Waals surface area contributed by atoms with Gasteiger partial charge in [0.15, 0.2) is 5.17 Å². The molecule has 1 saturated heterocycles. The van der Waals surface area contributed by atoms with Crippen LogP contribution in [0, 0.1) is 5.92 Å². The highest BCUT2D eigenvalue weighted by Crippen LogP contribution is 2.59. The summed E-state index contributed by atoms with van der Waals surface area (Å²) >= 11 is 5.68. The molecule has 2 fully saturated rings. The molecule has 1 saturated carbocycles. The third-order valence-electron chi connectivity index (χ3n) is 4.46. The Hall–Kier alpha value is -1.76. The van der Waals surface area contributed by atoms with Crippen LogP contribution in [-0.2, 0) is 10.2 Å². The molecule has 0 aromatic heterocycles. The van der Waals surface area contributed by atoms with E-state index in [-0.39, 0.29) is 29.6 Å². The number of benzene rings is 1. The van der Waals surface area contributed by atoms with E-state index in [1.807, 2.05) is 0 Å². The fraction of sp³-hybridized carbons (Fsp3) is 0.429. The lowest BCUT2D eigenvalue weighted by Crippen LogP contribution is -2.41. The van der Waals surface area contributed by atoms with Crippen molar-refractivity contribution in [3.05, 3.63) is 35.4 Å². The van der Waals surface area contributed by atoms with Crippen LogP contribution in [0.5, 0.6) is 0 Å². The molecule has 1 aromatic rings. The second kappa shape index (κ2) is 4.87. The molecule has 2 atom stereocenters. The molecule has 1 aliphatic carbocycles. The molecule has 0 bridgehead atoms. The first-order valence-corrected chi connectivity index (χ1v) is 7.00. The van der Waals surface area contributed by atoms with Crippen molar-refractivity contribution < 1.29 is 23.2 Å². The molecule has 2 aliphatic rings. The van der Waals surface area contributed by atoms with Gasteiger partial charge in [-0.25, -0.2) is 0 Å². The molecule has 0 spiro atoms. The van der Waals surface area contributed by atoms with Gasteiger partial charge in [0, 0.05) is 24.1 Å². The molecule has 118 valence electrons. The van der Waals surface area contributed by atoms with Crippen molar-refractivity contribution in [3.63, 3.8) is 0 Å². The third kappa shape index (κ3) is 2.33. The minimum Gasteiger partial charge on any atom is -0.410 e. The highest BCUT2D eigenvalue weighted by atomic mass is 35.5. The maximum atomic E-state index is 12.5. The molecule has 8 heteroatoms. The number of rotatable bonds is 2. The van der Waals surface area contributed by atoms with Crippen LogP contribution in [0.4, 0.5) is 13.2 Å². The van der Waals surface area contributed by atoms with E-state index in [2.05, 4.69) is 5.16 Å². The number of oxime groups is 1. The lowest BCUT2D eigenvalue weighted by atomic mass is 9.94. The number of hydrogen-bond acceptors (Lipinski definition) is 3. The molecule has 0 radical (unpaired) electrons. The molecule has 1 heterocycles. The van der Waals surface area contributed by atoms with Gasteiger partial charge in [0.1, 0.15) is 0 Å². The number of nitrogens with zero attached hydrogens (tertiary/aromatic N) is 2. The van der Waals surface area contributed by atoms with Gasteiger partial charge in [-0.1, -0.05) is 41.0 Å². The number of likely N-dealkylation sites (tertiary alicyclic amines) is 1. The van der Waals surface area contributed by atoms with Crippen molar-refractivity contribution in [1.29, 1.82) is 0 Å². The Bertz CT molecular complexity index is 644. The SMILES string of the molecule is O=C(N1CC2CC2(c2ccc(/C(Cl)=N/O)cc2)C1)C(F)(F)F. The second-order valence-electron chi connectivity index (χ2n) is 5.71. The van der Waals surface area contributed by atoms with Crippen LogP contribution in [0.2, 0.25) is 0 Å². The zero-order valence-electron chi connectivity index (χ0n) is 11.3. The molecule has 1 aliphatic heterocycles. The van der Waals surface area contributed by atoms with Gasteiger partial charge in [0.25, 0.3) is 0 Å². The Labute approximate surface area is 129 Å². The van der Waals surface area contributed by atoms with Gasteiger partial charge < -0.3 is 10.1 Å². The number of carbonyl (C=O) groups excluding carboxylic acids is 1. The van der Waals surface area contributed by atoms with Gasteiger partial charge in [-0.15, -0.1) is 0 Å². The van der Waals surface area contributed by atoms with Crippen molar-refractivity contribution in [2.75, 3.05) is 13.1 Å². The lowest BCUT2D eigenvalue weighted by Gasteiger charge is -2.22. The van der Waals surface area contributed by atoms with Crippen LogP contribution in [0.15, 0.2) is 29.4 Å². The maximum Gasteiger partial charge on any atom is 0.471 e. The number of hydrogen-bond donors (Lipinski definition) is 1. The van der Waals surface area contributed by atoms with Gasteiger partial charge in [-0.3, -0.25) is 4.79 Å². The van der Waals surface area contributed by atoms with E-state index >= 15 is 0 Å². The molecule has 1 aromatic carbocycles. The number of amides is 1. The van der Waals surface area contributed by atoms with Gasteiger partial charge in [-0.2, -0.15) is 13.2 Å². The predicted octanol–water partition coefficient (Wildman–Crippen LogP) is 2.72. The fourth-order valence-electron chi connectivity index (χ4n) is 3.26. The van der Waals surface area contributed by atoms with E-state index in [0.29, 0.717) is 5.56 Å². The van der Waals surface area contributed by atoms with Crippen molar-refractivity contribution in [3.8, 4) is 0 Å². The standard InChI is InChI=1S/C14H12ClF3N2O2/c15-11(19-22)8-1-3-9(4-2-8)13-5-10(13)6-20(7-13)12(21)14(16,17)18/h1-4,10,22H,5-7H2/b19-11-. The van der Waals surface area contributed by atoms with Crippen LogP contribution in [0.25, 0.3) is 0 Å². The average Bonchev–Trinajstić information content (AvgIpc) is 3.07. The third-order valence-corrected chi connectivity index (χ3v) is 4.76. The van der Waals surface area contributed by atoms with Crippen molar-refractivity contribution in [2.24, 2.45) is 11.1 Å². The van der Waals surface area contributed by atoms with Crippen molar-refractivity contribution in [1.82, 2.24) is 4.90 Å². The molecule has 1 N–H and O–H groups in total. The molecule has 22 heavy (non-hydrogen) atoms. The van der Waals surface area contributed by atoms with Crippen LogP contribution in [0.1, 0.15) is 17.5 Å². The predicted molar refractivity (Wildman–Crippen MR) is 73.0 cm³/mol. The van der Waals surface area contributed by atoms with Gasteiger partial charge in [-0.05, 0) is 17.9 Å².